The highest BCUT2D eigenvalue weighted by atomic mass is 79.9. The van der Waals surface area contributed by atoms with Crippen LogP contribution in [0.2, 0.25) is 0 Å². The maximum Gasteiger partial charge on any atom is 0.356 e. The largest absolute Gasteiger partial charge is 0.611 e. The van der Waals surface area contributed by atoms with Gasteiger partial charge >= 0.3 is 11.9 Å². The number of benzene rings is 1. The molecule has 1 atom stereocenters. The number of carbonyl (C=O) groups excluding carboxylic acids is 2. The number of ether oxygens (including phenoxy) is 2. The second-order valence-corrected chi connectivity index (χ2v) is 7.72. The summed E-state index contributed by atoms with van der Waals surface area (Å²) in [6.07, 6.45) is 0. The van der Waals surface area contributed by atoms with E-state index in [9.17, 15) is 14.1 Å². The molecule has 1 aromatic carbocycles. The second kappa shape index (κ2) is 7.99. The van der Waals surface area contributed by atoms with Gasteiger partial charge < -0.3 is 14.0 Å². The highest BCUT2D eigenvalue weighted by Gasteiger charge is 2.23. The summed E-state index contributed by atoms with van der Waals surface area (Å²) in [5.74, 6) is -1.21. The molecule has 0 aliphatic carbocycles. The van der Waals surface area contributed by atoms with Crippen molar-refractivity contribution in [1.29, 1.82) is 0 Å². The average Bonchev–Trinajstić information content (AvgIpc) is 2.36. The van der Waals surface area contributed by atoms with E-state index in [1.165, 1.54) is 12.1 Å². The monoisotopic (exact) mass is 390 g/mol. The Morgan fingerprint density at radius 1 is 1.32 bits per heavy atom. The minimum absolute atomic E-state index is 0.224. The molecule has 0 fully saturated rings. The third-order valence-electron chi connectivity index (χ3n) is 2.37. The zero-order valence-electron chi connectivity index (χ0n) is 13.0. The highest BCUT2D eigenvalue weighted by Crippen LogP contribution is 2.25. The van der Waals surface area contributed by atoms with Crippen molar-refractivity contribution in [2.24, 2.45) is 0 Å². The van der Waals surface area contributed by atoms with Gasteiger partial charge in [-0.05, 0) is 73.0 Å². The Bertz CT molecular complexity index is 553. The van der Waals surface area contributed by atoms with Gasteiger partial charge in [0.15, 0.2) is 4.90 Å². The van der Waals surface area contributed by atoms with Gasteiger partial charge in [0.2, 0.25) is 5.75 Å². The molecule has 0 radical (unpaired) electrons. The summed E-state index contributed by atoms with van der Waals surface area (Å²) in [6.45, 7) is 7.27. The molecule has 7 heteroatoms. The topological polar surface area (TPSA) is 75.7 Å². The quantitative estimate of drug-likeness (QED) is 0.570. The maximum atomic E-state index is 12.1. The number of hydrogen-bond donors (Lipinski definition) is 0. The van der Waals surface area contributed by atoms with Gasteiger partial charge in [-0.1, -0.05) is 0 Å². The van der Waals surface area contributed by atoms with Crippen molar-refractivity contribution in [2.75, 3.05) is 12.4 Å². The lowest BCUT2D eigenvalue weighted by Gasteiger charge is -2.19. The van der Waals surface area contributed by atoms with Gasteiger partial charge in [0, 0.05) is 0 Å². The summed E-state index contributed by atoms with van der Waals surface area (Å²) in [7, 11) is 0. The van der Waals surface area contributed by atoms with Gasteiger partial charge in [-0.15, -0.1) is 0 Å². The van der Waals surface area contributed by atoms with Crippen molar-refractivity contribution >= 4 is 39.0 Å². The third kappa shape index (κ3) is 5.98. The predicted molar refractivity (Wildman–Crippen MR) is 87.2 cm³/mol. The Balaban J connectivity index is 2.85. The predicted octanol–water partition coefficient (Wildman–Crippen LogP) is 3.08. The molecule has 1 rings (SSSR count). The van der Waals surface area contributed by atoms with Crippen molar-refractivity contribution in [1.82, 2.24) is 0 Å². The third-order valence-corrected chi connectivity index (χ3v) is 4.63. The average molecular weight is 391 g/mol. The van der Waals surface area contributed by atoms with Gasteiger partial charge in [0.25, 0.3) is 0 Å². The SMILES string of the molecule is CCOC(=O)C[S+]([O-])c1ccc(C(=O)OC(C)(C)C)cc1Br. The Morgan fingerprint density at radius 3 is 2.45 bits per heavy atom. The molecular formula is C15H19BrO5S. The van der Waals surface area contributed by atoms with Crippen molar-refractivity contribution in [3.05, 3.63) is 28.2 Å². The molecule has 122 valence electrons. The van der Waals surface area contributed by atoms with Crippen LogP contribution in [-0.4, -0.2) is 34.5 Å². The molecule has 0 spiro atoms. The Morgan fingerprint density at radius 2 is 1.95 bits per heavy atom. The first-order chi connectivity index (χ1) is 10.1. The molecule has 1 unspecified atom stereocenters. The number of rotatable bonds is 5. The number of hydrogen-bond acceptors (Lipinski definition) is 5. The van der Waals surface area contributed by atoms with Gasteiger partial charge in [-0.3, -0.25) is 0 Å². The minimum Gasteiger partial charge on any atom is -0.611 e. The molecule has 5 nitrogen and oxygen atoms in total. The molecule has 0 aromatic heterocycles. The van der Waals surface area contributed by atoms with E-state index in [0.717, 1.165) is 0 Å². The fourth-order valence-corrected chi connectivity index (χ4v) is 3.41. The Kier molecular flexibility index (Phi) is 6.90. The number of carbonyl (C=O) groups is 2. The van der Waals surface area contributed by atoms with Crippen LogP contribution in [0.4, 0.5) is 0 Å². The molecule has 0 amide bonds. The van der Waals surface area contributed by atoms with E-state index in [4.69, 9.17) is 9.47 Å². The molecule has 0 saturated heterocycles. The van der Waals surface area contributed by atoms with Crippen LogP contribution in [0, 0.1) is 0 Å². The zero-order chi connectivity index (χ0) is 16.9. The maximum absolute atomic E-state index is 12.1. The van der Waals surface area contributed by atoms with E-state index in [2.05, 4.69) is 15.9 Å². The lowest BCUT2D eigenvalue weighted by Crippen LogP contribution is -2.24. The van der Waals surface area contributed by atoms with Crippen LogP contribution in [0.15, 0.2) is 27.6 Å². The summed E-state index contributed by atoms with van der Waals surface area (Å²) in [4.78, 5) is 23.8. The van der Waals surface area contributed by atoms with Gasteiger partial charge in [0.1, 0.15) is 5.60 Å². The van der Waals surface area contributed by atoms with E-state index in [1.807, 2.05) is 0 Å². The molecule has 1 aromatic rings. The van der Waals surface area contributed by atoms with Gasteiger partial charge in [-0.2, -0.15) is 0 Å². The summed E-state index contributed by atoms with van der Waals surface area (Å²) in [6, 6.07) is 4.60. The summed E-state index contributed by atoms with van der Waals surface area (Å²) < 4.78 is 22.6. The first-order valence-corrected chi connectivity index (χ1v) is 8.82. The van der Waals surface area contributed by atoms with Crippen LogP contribution in [0.5, 0.6) is 0 Å². The fraction of sp³-hybridized carbons (Fsp3) is 0.467. The van der Waals surface area contributed by atoms with Crippen molar-refractivity contribution in [3.63, 3.8) is 0 Å². The van der Waals surface area contributed by atoms with Gasteiger partial charge in [-0.25, -0.2) is 9.59 Å². The molecule has 22 heavy (non-hydrogen) atoms. The summed E-state index contributed by atoms with van der Waals surface area (Å²) >= 11 is 1.73. The second-order valence-electron chi connectivity index (χ2n) is 5.44. The van der Waals surface area contributed by atoms with E-state index in [0.29, 0.717) is 14.9 Å². The lowest BCUT2D eigenvalue weighted by atomic mass is 10.2. The molecular weight excluding hydrogens is 372 g/mol. The van der Waals surface area contributed by atoms with E-state index in [1.54, 1.807) is 33.8 Å². The number of esters is 2. The molecule has 0 heterocycles. The van der Waals surface area contributed by atoms with Crippen molar-refractivity contribution in [2.45, 2.75) is 38.2 Å². The van der Waals surface area contributed by atoms with Crippen LogP contribution in [0.1, 0.15) is 38.1 Å². The van der Waals surface area contributed by atoms with Gasteiger partial charge in [0.05, 0.1) is 16.6 Å². The van der Waals surface area contributed by atoms with Crippen LogP contribution >= 0.6 is 15.9 Å². The zero-order valence-corrected chi connectivity index (χ0v) is 15.4. The van der Waals surface area contributed by atoms with Crippen molar-refractivity contribution in [3.8, 4) is 0 Å². The lowest BCUT2D eigenvalue weighted by molar-refractivity contribution is -0.139. The van der Waals surface area contributed by atoms with Crippen LogP contribution in [0.25, 0.3) is 0 Å². The molecule has 0 aliphatic heterocycles. The normalized spacial score (nSPS) is 12.6. The molecule has 0 N–H and O–H groups in total. The molecule has 0 bridgehead atoms. The smallest absolute Gasteiger partial charge is 0.356 e. The van der Waals surface area contributed by atoms with E-state index < -0.39 is 28.7 Å². The van der Waals surface area contributed by atoms with Crippen LogP contribution < -0.4 is 0 Å². The Labute approximate surface area is 141 Å². The number of halogens is 1. The summed E-state index contributed by atoms with van der Waals surface area (Å²) in [5, 5.41) is 0. The standard InChI is InChI=1S/C15H19BrO5S/c1-5-20-13(17)9-22(19)12-7-6-10(8-11(12)16)14(18)21-15(2,3)4/h6-8H,5,9H2,1-4H3. The first kappa shape index (κ1) is 19.0. The van der Waals surface area contributed by atoms with E-state index >= 15 is 0 Å². The van der Waals surface area contributed by atoms with Crippen molar-refractivity contribution < 1.29 is 23.6 Å². The van der Waals surface area contributed by atoms with Crippen LogP contribution in [0.3, 0.4) is 0 Å². The summed E-state index contributed by atoms with van der Waals surface area (Å²) in [5.41, 5.74) is -0.242. The Hall–Kier alpha value is -1.05. The fourth-order valence-electron chi connectivity index (χ4n) is 1.54. The molecule has 0 aliphatic rings. The van der Waals surface area contributed by atoms with E-state index in [-0.39, 0.29) is 12.4 Å². The van der Waals surface area contributed by atoms with Crippen LogP contribution in [-0.2, 0) is 25.4 Å². The minimum atomic E-state index is -1.54. The molecule has 0 saturated carbocycles. The highest BCUT2D eigenvalue weighted by molar-refractivity contribution is 9.10. The first-order valence-electron chi connectivity index (χ1n) is 6.71.